The third-order valence-electron chi connectivity index (χ3n) is 4.66. The van der Waals surface area contributed by atoms with E-state index in [1.54, 1.807) is 11.8 Å². The van der Waals surface area contributed by atoms with Gasteiger partial charge in [0.15, 0.2) is 6.10 Å². The van der Waals surface area contributed by atoms with Gasteiger partial charge in [0.1, 0.15) is 10.8 Å². The van der Waals surface area contributed by atoms with E-state index in [9.17, 15) is 9.59 Å². The SMILES string of the molecule is CCC(CC)c1nnc(NC(=O)CCN2C(=O)[C@H](C)Oc3ccccc32)s1. The number of hydrogen-bond acceptors (Lipinski definition) is 6. The van der Waals surface area contributed by atoms with Crippen LogP contribution in [0.2, 0.25) is 0 Å². The quantitative estimate of drug-likeness (QED) is 0.784. The molecule has 0 saturated carbocycles. The van der Waals surface area contributed by atoms with E-state index in [-0.39, 0.29) is 24.8 Å². The standard InChI is InChI=1S/C19H24N4O3S/c1-4-13(5-2)17-21-22-19(27-17)20-16(24)10-11-23-14-8-6-7-9-15(14)26-12(3)18(23)25/h6-9,12-13H,4-5,10-11H2,1-3H3,(H,20,22,24)/t12-/m0/s1. The Morgan fingerprint density at radius 2 is 2.04 bits per heavy atom. The topological polar surface area (TPSA) is 84.4 Å². The lowest BCUT2D eigenvalue weighted by Crippen LogP contribution is -2.45. The highest BCUT2D eigenvalue weighted by Gasteiger charge is 2.31. The zero-order valence-electron chi connectivity index (χ0n) is 15.8. The van der Waals surface area contributed by atoms with Crippen LogP contribution in [-0.2, 0) is 9.59 Å². The monoisotopic (exact) mass is 388 g/mol. The molecule has 0 fully saturated rings. The highest BCUT2D eigenvalue weighted by molar-refractivity contribution is 7.15. The van der Waals surface area contributed by atoms with Crippen LogP contribution in [0.15, 0.2) is 24.3 Å². The zero-order chi connectivity index (χ0) is 19.4. The zero-order valence-corrected chi connectivity index (χ0v) is 16.6. The van der Waals surface area contributed by atoms with Gasteiger partial charge in [0.05, 0.1) is 5.69 Å². The molecule has 0 aliphatic carbocycles. The van der Waals surface area contributed by atoms with E-state index >= 15 is 0 Å². The Bertz CT molecular complexity index is 819. The van der Waals surface area contributed by atoms with Gasteiger partial charge in [-0.3, -0.25) is 9.59 Å². The number of carbonyl (C=O) groups is 2. The second-order valence-corrected chi connectivity index (χ2v) is 7.48. The molecule has 144 valence electrons. The highest BCUT2D eigenvalue weighted by atomic mass is 32.1. The van der Waals surface area contributed by atoms with E-state index in [1.165, 1.54) is 11.3 Å². The fourth-order valence-corrected chi connectivity index (χ4v) is 4.10. The van der Waals surface area contributed by atoms with Gasteiger partial charge in [0, 0.05) is 18.9 Å². The molecule has 8 heteroatoms. The van der Waals surface area contributed by atoms with Gasteiger partial charge in [-0.2, -0.15) is 0 Å². The normalized spacial score (nSPS) is 16.2. The molecule has 1 aromatic heterocycles. The Morgan fingerprint density at radius 1 is 1.30 bits per heavy atom. The van der Waals surface area contributed by atoms with Crippen LogP contribution in [0.25, 0.3) is 0 Å². The van der Waals surface area contributed by atoms with Gasteiger partial charge < -0.3 is 15.0 Å². The van der Waals surface area contributed by atoms with Crippen molar-refractivity contribution in [2.75, 3.05) is 16.8 Å². The van der Waals surface area contributed by atoms with Gasteiger partial charge in [-0.15, -0.1) is 10.2 Å². The van der Waals surface area contributed by atoms with E-state index < -0.39 is 6.10 Å². The molecule has 1 atom stereocenters. The minimum atomic E-state index is -0.561. The predicted octanol–water partition coefficient (Wildman–Crippen LogP) is 3.58. The largest absolute Gasteiger partial charge is 0.479 e. The van der Waals surface area contributed by atoms with E-state index in [2.05, 4.69) is 29.4 Å². The summed E-state index contributed by atoms with van der Waals surface area (Å²) in [4.78, 5) is 26.4. The Hall–Kier alpha value is -2.48. The van der Waals surface area contributed by atoms with Crippen LogP contribution in [0.1, 0.15) is 51.0 Å². The Balaban J connectivity index is 1.62. The molecule has 0 bridgehead atoms. The summed E-state index contributed by atoms with van der Waals surface area (Å²) in [5.41, 5.74) is 0.695. The van der Waals surface area contributed by atoms with Crippen molar-refractivity contribution in [3.8, 4) is 5.75 Å². The number of ether oxygens (including phenoxy) is 1. The van der Waals surface area contributed by atoms with Crippen molar-refractivity contribution in [3.05, 3.63) is 29.3 Å². The van der Waals surface area contributed by atoms with Crippen LogP contribution in [0, 0.1) is 0 Å². The van der Waals surface area contributed by atoms with Crippen molar-refractivity contribution in [1.82, 2.24) is 10.2 Å². The molecule has 0 saturated heterocycles. The van der Waals surface area contributed by atoms with Crippen molar-refractivity contribution in [1.29, 1.82) is 0 Å². The molecule has 1 aliphatic rings. The van der Waals surface area contributed by atoms with Crippen molar-refractivity contribution >= 4 is 34.0 Å². The summed E-state index contributed by atoms with van der Waals surface area (Å²) in [5.74, 6) is 0.696. The summed E-state index contributed by atoms with van der Waals surface area (Å²) in [6.07, 6.45) is 1.60. The Kier molecular flexibility index (Phi) is 6.05. The fourth-order valence-electron chi connectivity index (χ4n) is 3.07. The van der Waals surface area contributed by atoms with Crippen molar-refractivity contribution in [3.63, 3.8) is 0 Å². The molecule has 1 aliphatic heterocycles. The molecule has 2 heterocycles. The van der Waals surface area contributed by atoms with E-state index in [0.29, 0.717) is 22.5 Å². The van der Waals surface area contributed by atoms with Crippen molar-refractivity contribution in [2.24, 2.45) is 0 Å². The molecule has 27 heavy (non-hydrogen) atoms. The lowest BCUT2D eigenvalue weighted by molar-refractivity contribution is -0.125. The van der Waals surface area contributed by atoms with Gasteiger partial charge in [-0.1, -0.05) is 37.3 Å². The first kappa shape index (κ1) is 19.3. The third-order valence-corrected chi connectivity index (χ3v) is 5.66. The number of para-hydroxylation sites is 2. The molecule has 2 amide bonds. The maximum atomic E-state index is 12.5. The van der Waals surface area contributed by atoms with Gasteiger partial charge >= 0.3 is 0 Å². The van der Waals surface area contributed by atoms with Crippen LogP contribution in [0.4, 0.5) is 10.8 Å². The number of aromatic nitrogens is 2. The molecule has 2 aromatic rings. The van der Waals surface area contributed by atoms with Crippen molar-refractivity contribution < 1.29 is 14.3 Å². The van der Waals surface area contributed by atoms with Gasteiger partial charge in [-0.25, -0.2) is 0 Å². The number of benzene rings is 1. The van der Waals surface area contributed by atoms with E-state index in [1.807, 2.05) is 24.3 Å². The molecule has 1 N–H and O–H groups in total. The van der Waals surface area contributed by atoms with E-state index in [0.717, 1.165) is 17.8 Å². The number of anilines is 2. The molecule has 7 nitrogen and oxygen atoms in total. The highest BCUT2D eigenvalue weighted by Crippen LogP contribution is 2.33. The smallest absolute Gasteiger partial charge is 0.267 e. The fraction of sp³-hybridized carbons (Fsp3) is 0.474. The van der Waals surface area contributed by atoms with Crippen LogP contribution >= 0.6 is 11.3 Å². The lowest BCUT2D eigenvalue weighted by atomic mass is 10.1. The molecule has 0 radical (unpaired) electrons. The summed E-state index contributed by atoms with van der Waals surface area (Å²) in [6.45, 7) is 6.23. The minimum Gasteiger partial charge on any atom is -0.479 e. The first-order valence-electron chi connectivity index (χ1n) is 9.23. The summed E-state index contributed by atoms with van der Waals surface area (Å²) in [5, 5.41) is 12.5. The second-order valence-electron chi connectivity index (χ2n) is 6.47. The molecular weight excluding hydrogens is 364 g/mol. The lowest BCUT2D eigenvalue weighted by Gasteiger charge is -2.32. The number of amides is 2. The first-order chi connectivity index (χ1) is 13.0. The number of carbonyl (C=O) groups excluding carboxylic acids is 2. The summed E-state index contributed by atoms with van der Waals surface area (Å²) in [6, 6.07) is 7.36. The number of nitrogens with zero attached hydrogens (tertiary/aromatic N) is 3. The number of hydrogen-bond donors (Lipinski definition) is 1. The Morgan fingerprint density at radius 3 is 2.78 bits per heavy atom. The Labute approximate surface area is 162 Å². The average molecular weight is 388 g/mol. The van der Waals surface area contributed by atoms with Gasteiger partial charge in [-0.05, 0) is 31.9 Å². The molecule has 3 rings (SSSR count). The molecule has 0 spiro atoms. The predicted molar refractivity (Wildman–Crippen MR) is 105 cm³/mol. The molecule has 1 aromatic carbocycles. The van der Waals surface area contributed by atoms with Crippen LogP contribution in [0.3, 0.4) is 0 Å². The van der Waals surface area contributed by atoms with Crippen molar-refractivity contribution in [2.45, 2.75) is 52.1 Å². The summed E-state index contributed by atoms with van der Waals surface area (Å²) in [7, 11) is 0. The van der Waals surface area contributed by atoms with Crippen LogP contribution < -0.4 is 15.0 Å². The van der Waals surface area contributed by atoms with Crippen LogP contribution in [-0.4, -0.2) is 34.7 Å². The minimum absolute atomic E-state index is 0.145. The van der Waals surface area contributed by atoms with Gasteiger partial charge in [0.2, 0.25) is 11.0 Å². The van der Waals surface area contributed by atoms with E-state index in [4.69, 9.17) is 4.74 Å². The summed E-state index contributed by atoms with van der Waals surface area (Å²) < 4.78 is 5.61. The maximum Gasteiger partial charge on any atom is 0.267 e. The third kappa shape index (κ3) is 4.27. The maximum absolute atomic E-state index is 12.5. The number of rotatable bonds is 7. The van der Waals surface area contributed by atoms with Gasteiger partial charge in [0.25, 0.3) is 5.91 Å². The summed E-state index contributed by atoms with van der Waals surface area (Å²) >= 11 is 1.41. The number of fused-ring (bicyclic) bond motifs is 1. The van der Waals surface area contributed by atoms with Crippen LogP contribution in [0.5, 0.6) is 5.75 Å². The second kappa shape index (κ2) is 8.47. The first-order valence-corrected chi connectivity index (χ1v) is 10.0. The average Bonchev–Trinajstić information content (AvgIpc) is 3.11. The number of nitrogens with one attached hydrogen (secondary N) is 1. The molecular formula is C19H24N4O3S. The molecule has 0 unspecified atom stereocenters.